The van der Waals surface area contributed by atoms with Gasteiger partial charge in [0.2, 0.25) is 0 Å². The van der Waals surface area contributed by atoms with Crippen LogP contribution in [0.1, 0.15) is 57.6 Å². The maximum absolute atomic E-state index is 11.0. The highest BCUT2D eigenvalue weighted by molar-refractivity contribution is 5.75. The maximum Gasteiger partial charge on any atom is 0.130 e. The molecule has 1 aliphatic rings. The van der Waals surface area contributed by atoms with Crippen molar-refractivity contribution in [3.8, 4) is 0 Å². The minimum Gasteiger partial charge on any atom is -0.300 e. The lowest BCUT2D eigenvalue weighted by molar-refractivity contribution is -0.116. The molecular weight excluding hydrogens is 246 g/mol. The first kappa shape index (κ1) is 15.2. The van der Waals surface area contributed by atoms with Crippen LogP contribution in [0, 0.1) is 0 Å². The number of Topliss-reactive ketones (excluding diaryl/α,β-unsaturated/α-hetero) is 1. The number of ketones is 1. The molecule has 0 N–H and O–H groups in total. The maximum atomic E-state index is 11.0. The summed E-state index contributed by atoms with van der Waals surface area (Å²) >= 11 is 0. The van der Waals surface area contributed by atoms with Gasteiger partial charge in [-0.2, -0.15) is 0 Å². The average Bonchev–Trinajstić information content (AvgIpc) is 2.42. The molecule has 2 atom stereocenters. The average molecular weight is 273 g/mol. The van der Waals surface area contributed by atoms with Gasteiger partial charge in [-0.1, -0.05) is 30.7 Å². The number of aryl methyl sites for hydroxylation is 1. The van der Waals surface area contributed by atoms with E-state index in [4.69, 9.17) is 0 Å². The lowest BCUT2D eigenvalue weighted by Crippen LogP contribution is -2.42. The van der Waals surface area contributed by atoms with Gasteiger partial charge in [0.25, 0.3) is 0 Å². The quantitative estimate of drug-likeness (QED) is 0.809. The van der Waals surface area contributed by atoms with Crippen molar-refractivity contribution in [3.63, 3.8) is 0 Å². The van der Waals surface area contributed by atoms with Crippen LogP contribution in [0.15, 0.2) is 24.3 Å². The van der Waals surface area contributed by atoms with Crippen LogP contribution < -0.4 is 0 Å². The molecule has 1 aromatic rings. The van der Waals surface area contributed by atoms with E-state index in [0.717, 1.165) is 13.0 Å². The van der Waals surface area contributed by atoms with Crippen LogP contribution in [0.5, 0.6) is 0 Å². The van der Waals surface area contributed by atoms with E-state index in [0.29, 0.717) is 18.5 Å². The number of hydrogen-bond acceptors (Lipinski definition) is 2. The van der Waals surface area contributed by atoms with Crippen molar-refractivity contribution in [1.82, 2.24) is 4.90 Å². The molecule has 0 radical (unpaired) electrons. The fraction of sp³-hybridized carbons (Fsp3) is 0.611. The second-order valence-corrected chi connectivity index (χ2v) is 6.32. The molecule has 1 heterocycles. The first-order valence-corrected chi connectivity index (χ1v) is 7.89. The zero-order valence-electron chi connectivity index (χ0n) is 13.1. The molecule has 1 aliphatic heterocycles. The number of piperidine rings is 1. The fourth-order valence-electron chi connectivity index (χ4n) is 3.13. The Hall–Kier alpha value is -1.15. The Labute approximate surface area is 123 Å². The summed E-state index contributed by atoms with van der Waals surface area (Å²) in [6.45, 7) is 7.40. The van der Waals surface area contributed by atoms with Gasteiger partial charge in [0.15, 0.2) is 0 Å². The Kier molecular flexibility index (Phi) is 5.36. The third-order valence-corrected chi connectivity index (χ3v) is 4.53. The highest BCUT2D eigenvalue weighted by atomic mass is 16.1. The molecule has 2 heteroatoms. The van der Waals surface area contributed by atoms with E-state index in [1.54, 1.807) is 6.92 Å². The first-order valence-electron chi connectivity index (χ1n) is 7.89. The normalized spacial score (nSPS) is 23.8. The first-order chi connectivity index (χ1) is 9.56. The molecule has 2 unspecified atom stereocenters. The minimum atomic E-state index is 0.269. The van der Waals surface area contributed by atoms with Gasteiger partial charge in [-0.15, -0.1) is 0 Å². The van der Waals surface area contributed by atoms with E-state index in [1.807, 2.05) is 0 Å². The Balaban J connectivity index is 1.94. The number of benzene rings is 1. The van der Waals surface area contributed by atoms with Crippen molar-refractivity contribution >= 4 is 5.78 Å². The fourth-order valence-corrected chi connectivity index (χ4v) is 3.13. The van der Waals surface area contributed by atoms with Gasteiger partial charge in [-0.3, -0.25) is 4.90 Å². The SMILES string of the molecule is CC(=O)CCc1ccc(CN2C(C)CCCC2C)cc1. The molecule has 2 rings (SSSR count). The van der Waals surface area contributed by atoms with E-state index >= 15 is 0 Å². The van der Waals surface area contributed by atoms with E-state index in [-0.39, 0.29) is 5.78 Å². The molecule has 1 aromatic carbocycles. The van der Waals surface area contributed by atoms with E-state index < -0.39 is 0 Å². The lowest BCUT2D eigenvalue weighted by atomic mass is 9.96. The summed E-state index contributed by atoms with van der Waals surface area (Å²) in [5.74, 6) is 0.269. The number of carbonyl (C=O) groups is 1. The van der Waals surface area contributed by atoms with Crippen LogP contribution >= 0.6 is 0 Å². The molecule has 20 heavy (non-hydrogen) atoms. The van der Waals surface area contributed by atoms with Gasteiger partial charge >= 0.3 is 0 Å². The van der Waals surface area contributed by atoms with Crippen LogP contribution in [0.3, 0.4) is 0 Å². The molecule has 0 amide bonds. The van der Waals surface area contributed by atoms with Gasteiger partial charge in [-0.05, 0) is 51.2 Å². The summed E-state index contributed by atoms with van der Waals surface area (Å²) in [7, 11) is 0. The molecule has 1 saturated heterocycles. The van der Waals surface area contributed by atoms with Crippen LogP contribution in [-0.4, -0.2) is 22.8 Å². The lowest BCUT2D eigenvalue weighted by Gasteiger charge is -2.39. The molecule has 110 valence electrons. The molecule has 2 nitrogen and oxygen atoms in total. The van der Waals surface area contributed by atoms with Crippen molar-refractivity contribution in [1.29, 1.82) is 0 Å². The van der Waals surface area contributed by atoms with Crippen LogP contribution in [0.25, 0.3) is 0 Å². The molecular formula is C18H27NO. The topological polar surface area (TPSA) is 20.3 Å². The number of rotatable bonds is 5. The van der Waals surface area contributed by atoms with Crippen LogP contribution in [0.2, 0.25) is 0 Å². The van der Waals surface area contributed by atoms with E-state index in [9.17, 15) is 4.79 Å². The van der Waals surface area contributed by atoms with Crippen LogP contribution in [-0.2, 0) is 17.8 Å². The third-order valence-electron chi connectivity index (χ3n) is 4.53. The van der Waals surface area contributed by atoms with Crippen molar-refractivity contribution in [2.45, 2.75) is 71.5 Å². The number of hydrogen-bond donors (Lipinski definition) is 0. The number of likely N-dealkylation sites (tertiary alicyclic amines) is 1. The minimum absolute atomic E-state index is 0.269. The van der Waals surface area contributed by atoms with Crippen molar-refractivity contribution < 1.29 is 4.79 Å². The highest BCUT2D eigenvalue weighted by Crippen LogP contribution is 2.24. The Morgan fingerprint density at radius 3 is 2.20 bits per heavy atom. The van der Waals surface area contributed by atoms with Crippen molar-refractivity contribution in [2.24, 2.45) is 0 Å². The zero-order valence-corrected chi connectivity index (χ0v) is 13.1. The number of nitrogens with zero attached hydrogens (tertiary/aromatic N) is 1. The predicted octanol–water partition coefficient (Wildman–Crippen LogP) is 3.97. The van der Waals surface area contributed by atoms with Gasteiger partial charge in [-0.25, -0.2) is 0 Å². The zero-order chi connectivity index (χ0) is 14.5. The summed E-state index contributed by atoms with van der Waals surface area (Å²) in [6.07, 6.45) is 5.52. The molecule has 0 aliphatic carbocycles. The van der Waals surface area contributed by atoms with Crippen molar-refractivity contribution in [3.05, 3.63) is 35.4 Å². The largest absolute Gasteiger partial charge is 0.300 e. The third kappa shape index (κ3) is 4.17. The van der Waals surface area contributed by atoms with Gasteiger partial charge in [0.05, 0.1) is 0 Å². The van der Waals surface area contributed by atoms with Gasteiger partial charge in [0.1, 0.15) is 5.78 Å². The Bertz CT molecular complexity index is 427. The molecule has 0 saturated carbocycles. The Morgan fingerprint density at radius 2 is 1.65 bits per heavy atom. The second kappa shape index (κ2) is 7.03. The highest BCUT2D eigenvalue weighted by Gasteiger charge is 2.24. The molecule has 0 spiro atoms. The van der Waals surface area contributed by atoms with Crippen LogP contribution in [0.4, 0.5) is 0 Å². The molecule has 0 bridgehead atoms. The van der Waals surface area contributed by atoms with Gasteiger partial charge in [0, 0.05) is 25.0 Å². The Morgan fingerprint density at radius 1 is 1.10 bits per heavy atom. The predicted molar refractivity (Wildman–Crippen MR) is 83.8 cm³/mol. The van der Waals surface area contributed by atoms with E-state index in [2.05, 4.69) is 43.0 Å². The molecule has 1 fully saturated rings. The summed E-state index contributed by atoms with van der Waals surface area (Å²) in [6, 6.07) is 10.2. The summed E-state index contributed by atoms with van der Waals surface area (Å²) < 4.78 is 0. The summed E-state index contributed by atoms with van der Waals surface area (Å²) in [5.41, 5.74) is 2.65. The van der Waals surface area contributed by atoms with Gasteiger partial charge < -0.3 is 4.79 Å². The number of carbonyl (C=O) groups excluding carboxylic acids is 1. The summed E-state index contributed by atoms with van der Waals surface area (Å²) in [4.78, 5) is 13.6. The smallest absolute Gasteiger partial charge is 0.130 e. The van der Waals surface area contributed by atoms with E-state index in [1.165, 1.54) is 30.4 Å². The monoisotopic (exact) mass is 273 g/mol. The molecule has 0 aromatic heterocycles. The second-order valence-electron chi connectivity index (χ2n) is 6.32. The standard InChI is InChI=1S/C18H27NO/c1-14-5-4-6-15(2)19(14)13-18-11-9-17(10-12-18)8-7-16(3)20/h9-12,14-15H,4-8,13H2,1-3H3. The van der Waals surface area contributed by atoms with Crippen molar-refractivity contribution in [2.75, 3.05) is 0 Å². The summed E-state index contributed by atoms with van der Waals surface area (Å²) in [5, 5.41) is 0.